The molecule has 0 aliphatic rings. The number of alkyl halides is 4. The maximum absolute atomic E-state index is 14.0. The van der Waals surface area contributed by atoms with Gasteiger partial charge in [-0.3, -0.25) is 0 Å². The largest absolute Gasteiger partial charge is 0.490 e. The Morgan fingerprint density at radius 2 is 1.78 bits per heavy atom. The van der Waals surface area contributed by atoms with Crippen LogP contribution in [0.25, 0.3) is 22.3 Å². The first-order chi connectivity index (χ1) is 17.1. The number of aromatic nitrogens is 3. The molecule has 0 saturated carbocycles. The molecule has 3 heterocycles. The molecule has 0 bridgehead atoms. The van der Waals surface area contributed by atoms with Crippen LogP contribution in [-0.4, -0.2) is 38.4 Å². The summed E-state index contributed by atoms with van der Waals surface area (Å²) >= 11 is 0. The molecular weight excluding hydrogens is 492 g/mol. The Morgan fingerprint density at radius 3 is 2.35 bits per heavy atom. The van der Waals surface area contributed by atoms with Crippen LogP contribution in [-0.2, 0) is 4.74 Å². The fraction of sp³-hybridized carbons (Fsp3) is 0.500. The highest BCUT2D eigenvalue weighted by Gasteiger charge is 2.27. The third-order valence-electron chi connectivity index (χ3n) is 5.31. The third kappa shape index (κ3) is 6.97. The van der Waals surface area contributed by atoms with E-state index in [4.69, 9.17) is 15.2 Å². The standard InChI is InChI=1S/C26H32F4N4O3/c1-14(2)10-26(6,31)13-36-19-8-7-18(33-20(19)22(29)30)17-12-34(24(35)37-25(3,4)5)23-16(17)9-15(11-32-23)21(27)28/h7-9,11-12,14,21-22H,10,13,31H2,1-6H3/t26-/m0/s1. The van der Waals surface area contributed by atoms with Crippen molar-refractivity contribution in [2.45, 2.75) is 72.0 Å². The van der Waals surface area contributed by atoms with Crippen molar-refractivity contribution in [1.82, 2.24) is 14.5 Å². The zero-order valence-corrected chi connectivity index (χ0v) is 21.7. The fourth-order valence-electron chi connectivity index (χ4n) is 4.02. The maximum atomic E-state index is 14.0. The van der Waals surface area contributed by atoms with Crippen molar-refractivity contribution in [3.63, 3.8) is 0 Å². The number of nitrogens with zero attached hydrogens (tertiary/aromatic N) is 3. The van der Waals surface area contributed by atoms with Gasteiger partial charge in [-0.1, -0.05) is 13.8 Å². The van der Waals surface area contributed by atoms with E-state index in [1.54, 1.807) is 27.7 Å². The molecule has 0 fully saturated rings. The van der Waals surface area contributed by atoms with E-state index in [1.807, 2.05) is 13.8 Å². The Kier molecular flexibility index (Phi) is 8.16. The van der Waals surface area contributed by atoms with Crippen LogP contribution in [0.3, 0.4) is 0 Å². The van der Waals surface area contributed by atoms with Gasteiger partial charge in [0.15, 0.2) is 0 Å². The van der Waals surface area contributed by atoms with Crippen LogP contribution in [0, 0.1) is 5.92 Å². The molecule has 3 aromatic rings. The molecule has 0 unspecified atom stereocenters. The monoisotopic (exact) mass is 524 g/mol. The van der Waals surface area contributed by atoms with Gasteiger partial charge in [-0.2, -0.15) is 0 Å². The van der Waals surface area contributed by atoms with Crippen molar-refractivity contribution in [1.29, 1.82) is 0 Å². The Bertz CT molecular complexity index is 1270. The Morgan fingerprint density at radius 1 is 1.11 bits per heavy atom. The van der Waals surface area contributed by atoms with E-state index in [1.165, 1.54) is 18.3 Å². The van der Waals surface area contributed by atoms with Gasteiger partial charge in [-0.25, -0.2) is 36.9 Å². The minimum atomic E-state index is -2.99. The summed E-state index contributed by atoms with van der Waals surface area (Å²) in [4.78, 5) is 20.9. The van der Waals surface area contributed by atoms with Crippen LogP contribution in [0.5, 0.6) is 5.75 Å². The molecule has 2 N–H and O–H groups in total. The molecule has 3 aromatic heterocycles. The van der Waals surface area contributed by atoms with Crippen molar-refractivity contribution < 1.29 is 31.8 Å². The molecule has 1 atom stereocenters. The summed E-state index contributed by atoms with van der Waals surface area (Å²) in [6.07, 6.45) is -3.76. The van der Waals surface area contributed by atoms with Crippen LogP contribution in [0.1, 0.15) is 72.1 Å². The second kappa shape index (κ2) is 10.6. The van der Waals surface area contributed by atoms with Gasteiger partial charge in [0.2, 0.25) is 0 Å². The van der Waals surface area contributed by atoms with Crippen molar-refractivity contribution in [2.24, 2.45) is 11.7 Å². The number of hydrogen-bond acceptors (Lipinski definition) is 6. The lowest BCUT2D eigenvalue weighted by Crippen LogP contribution is -2.43. The lowest BCUT2D eigenvalue weighted by atomic mass is 9.93. The number of fused-ring (bicyclic) bond motifs is 1. The summed E-state index contributed by atoms with van der Waals surface area (Å²) in [6.45, 7) is 10.8. The number of nitrogens with two attached hydrogens (primary N) is 1. The number of carbonyl (C=O) groups excluding carboxylic acids is 1. The topological polar surface area (TPSA) is 92.3 Å². The Balaban J connectivity index is 2.09. The summed E-state index contributed by atoms with van der Waals surface area (Å²) in [7, 11) is 0. The van der Waals surface area contributed by atoms with Crippen LogP contribution in [0.15, 0.2) is 30.6 Å². The normalized spacial score (nSPS) is 14.0. The number of carbonyl (C=O) groups is 1. The molecule has 7 nitrogen and oxygen atoms in total. The average Bonchev–Trinajstić information content (AvgIpc) is 3.14. The van der Waals surface area contributed by atoms with Crippen molar-refractivity contribution in [3.05, 3.63) is 41.9 Å². The predicted molar refractivity (Wildman–Crippen MR) is 132 cm³/mol. The smallest absolute Gasteiger partial charge is 0.420 e. The first kappa shape index (κ1) is 28.4. The van der Waals surface area contributed by atoms with E-state index in [0.29, 0.717) is 6.42 Å². The molecule has 0 aliphatic heterocycles. The molecule has 3 rings (SSSR count). The van der Waals surface area contributed by atoms with E-state index >= 15 is 0 Å². The van der Waals surface area contributed by atoms with Crippen LogP contribution < -0.4 is 10.5 Å². The van der Waals surface area contributed by atoms with Gasteiger partial charge in [-0.05, 0) is 58.2 Å². The summed E-state index contributed by atoms with van der Waals surface area (Å²) in [5.41, 5.74) is 3.85. The minimum absolute atomic E-state index is 0.00839. The molecule has 202 valence electrons. The number of pyridine rings is 2. The van der Waals surface area contributed by atoms with Gasteiger partial charge < -0.3 is 15.2 Å². The quantitative estimate of drug-likeness (QED) is 0.322. The second-order valence-corrected chi connectivity index (χ2v) is 10.8. The zero-order chi connectivity index (χ0) is 27.7. The molecule has 0 radical (unpaired) electrons. The first-order valence-corrected chi connectivity index (χ1v) is 11.8. The molecular formula is C26H32F4N4O3. The van der Waals surface area contributed by atoms with Crippen molar-refractivity contribution in [3.8, 4) is 17.0 Å². The summed E-state index contributed by atoms with van der Waals surface area (Å²) in [6, 6.07) is 3.90. The maximum Gasteiger partial charge on any atom is 0.420 e. The SMILES string of the molecule is CC(C)C[C@](C)(N)COc1ccc(-c2cn(C(=O)OC(C)(C)C)c3ncc(C(F)F)cc23)nc1C(F)F. The van der Waals surface area contributed by atoms with Gasteiger partial charge in [0.25, 0.3) is 12.9 Å². The molecule has 11 heteroatoms. The summed E-state index contributed by atoms with van der Waals surface area (Å²) < 4.78 is 66.9. The summed E-state index contributed by atoms with van der Waals surface area (Å²) in [5.74, 6) is 0.143. The number of halogens is 4. The van der Waals surface area contributed by atoms with Crippen LogP contribution >= 0.6 is 0 Å². The van der Waals surface area contributed by atoms with Gasteiger partial charge in [0.05, 0.1) is 5.69 Å². The highest BCUT2D eigenvalue weighted by molar-refractivity contribution is 5.98. The Hall–Kier alpha value is -3.21. The molecule has 0 amide bonds. The number of rotatable bonds is 8. The van der Waals surface area contributed by atoms with E-state index in [9.17, 15) is 22.4 Å². The number of hydrogen-bond donors (Lipinski definition) is 1. The lowest BCUT2D eigenvalue weighted by molar-refractivity contribution is 0.0543. The predicted octanol–water partition coefficient (Wildman–Crippen LogP) is 6.90. The van der Waals surface area contributed by atoms with E-state index in [0.717, 1.165) is 16.8 Å². The highest BCUT2D eigenvalue weighted by atomic mass is 19.3. The highest BCUT2D eigenvalue weighted by Crippen LogP contribution is 2.36. The lowest BCUT2D eigenvalue weighted by Gasteiger charge is -2.27. The van der Waals surface area contributed by atoms with Gasteiger partial charge in [-0.15, -0.1) is 0 Å². The zero-order valence-electron chi connectivity index (χ0n) is 21.7. The second-order valence-electron chi connectivity index (χ2n) is 10.8. The van der Waals surface area contributed by atoms with Crippen molar-refractivity contribution in [2.75, 3.05) is 6.61 Å². The van der Waals surface area contributed by atoms with Gasteiger partial charge in [0.1, 0.15) is 29.3 Å². The van der Waals surface area contributed by atoms with Crippen molar-refractivity contribution >= 4 is 17.1 Å². The van der Waals surface area contributed by atoms with E-state index in [-0.39, 0.29) is 40.6 Å². The fourth-order valence-corrected chi connectivity index (χ4v) is 4.02. The van der Waals surface area contributed by atoms with Gasteiger partial charge in [0, 0.05) is 34.4 Å². The van der Waals surface area contributed by atoms with E-state index < -0.39 is 41.3 Å². The number of ether oxygens (including phenoxy) is 2. The Labute approximate surface area is 213 Å². The van der Waals surface area contributed by atoms with E-state index in [2.05, 4.69) is 9.97 Å². The van der Waals surface area contributed by atoms with Gasteiger partial charge >= 0.3 is 6.09 Å². The van der Waals surface area contributed by atoms with Crippen LogP contribution in [0.2, 0.25) is 0 Å². The average molecular weight is 525 g/mol. The molecule has 37 heavy (non-hydrogen) atoms. The van der Waals surface area contributed by atoms with Crippen LogP contribution in [0.4, 0.5) is 22.4 Å². The third-order valence-corrected chi connectivity index (χ3v) is 5.31. The summed E-state index contributed by atoms with van der Waals surface area (Å²) in [5, 5.41) is 0.136. The first-order valence-electron chi connectivity index (χ1n) is 11.8. The molecule has 0 aromatic carbocycles. The molecule has 0 spiro atoms. The molecule has 0 aliphatic carbocycles. The minimum Gasteiger partial charge on any atom is -0.490 e. The molecule has 0 saturated heterocycles.